The lowest BCUT2D eigenvalue weighted by molar-refractivity contribution is -0.111. The first-order valence-corrected chi connectivity index (χ1v) is 22.0. The van der Waals surface area contributed by atoms with Crippen LogP contribution < -0.4 is 0 Å². The van der Waals surface area contributed by atoms with Crippen molar-refractivity contribution in [2.24, 2.45) is 0 Å². The van der Waals surface area contributed by atoms with Gasteiger partial charge in [0, 0.05) is 85.9 Å². The average molecular weight is 894 g/mol. The third-order valence-electron chi connectivity index (χ3n) is 11.3. The zero-order valence-corrected chi connectivity index (χ0v) is 38.4. The normalized spacial score (nSPS) is 18.9. The first kappa shape index (κ1) is 45.6. The van der Waals surface area contributed by atoms with Gasteiger partial charge in [-0.2, -0.15) is 0 Å². The lowest BCUT2D eigenvalue weighted by Gasteiger charge is -2.40. The number of aldehydes is 1. The SMILES string of the molecule is CC(=O)C1=Cc2cccnc2C(N2CCN(C(=O)OC(C)(C)C)CC2)c2ccc(Cl)cc21.CC(C)(C)OC(=O)N1CCN(C2c3ccc(Cl)cc3C(C=O)=Cc3cccnc32)CC1. The number of piperazine rings is 2. The summed E-state index contributed by atoms with van der Waals surface area (Å²) >= 11 is 12.6. The molecule has 2 aromatic carbocycles. The van der Waals surface area contributed by atoms with Crippen LogP contribution in [0.1, 0.15) is 105 Å². The van der Waals surface area contributed by atoms with Gasteiger partial charge in [0.25, 0.3) is 0 Å². The van der Waals surface area contributed by atoms with Gasteiger partial charge in [-0.3, -0.25) is 29.4 Å². The van der Waals surface area contributed by atoms with Gasteiger partial charge in [-0.25, -0.2) is 9.59 Å². The molecular formula is C49H54Cl2N6O6. The van der Waals surface area contributed by atoms with Crippen LogP contribution in [-0.4, -0.2) is 117 Å². The number of fused-ring (bicyclic) bond motifs is 4. The number of hydrogen-bond donors (Lipinski definition) is 0. The van der Waals surface area contributed by atoms with E-state index in [1.54, 1.807) is 29.1 Å². The Morgan fingerprint density at radius 2 is 1.06 bits per heavy atom. The van der Waals surface area contributed by atoms with Crippen LogP contribution in [0.2, 0.25) is 10.0 Å². The van der Waals surface area contributed by atoms with E-state index in [4.69, 9.17) is 37.7 Å². The predicted molar refractivity (Wildman–Crippen MR) is 246 cm³/mol. The Kier molecular flexibility index (Phi) is 13.6. The van der Waals surface area contributed by atoms with E-state index in [0.717, 1.165) is 51.1 Å². The molecule has 330 valence electrons. The van der Waals surface area contributed by atoms with Crippen LogP contribution in [0.25, 0.3) is 23.3 Å². The molecule has 2 aliphatic carbocycles. The lowest BCUT2D eigenvalue weighted by atomic mass is 9.92. The van der Waals surface area contributed by atoms with Crippen LogP contribution in [0.15, 0.2) is 73.1 Å². The third-order valence-corrected chi connectivity index (χ3v) is 11.7. The Bertz CT molecular complexity index is 2460. The van der Waals surface area contributed by atoms with Crippen molar-refractivity contribution in [1.82, 2.24) is 29.6 Å². The number of halogens is 2. The number of pyridine rings is 2. The molecule has 0 N–H and O–H groups in total. The highest BCUT2D eigenvalue weighted by Crippen LogP contribution is 2.42. The van der Waals surface area contributed by atoms with Crippen molar-refractivity contribution in [3.05, 3.63) is 128 Å². The first-order valence-electron chi connectivity index (χ1n) is 21.2. The van der Waals surface area contributed by atoms with Gasteiger partial charge in [0.15, 0.2) is 12.1 Å². The van der Waals surface area contributed by atoms with Crippen molar-refractivity contribution in [2.75, 3.05) is 52.4 Å². The minimum atomic E-state index is -0.522. The molecule has 2 atom stereocenters. The summed E-state index contributed by atoms with van der Waals surface area (Å²) in [5.41, 5.74) is 7.45. The lowest BCUT2D eigenvalue weighted by Crippen LogP contribution is -2.51. The zero-order valence-electron chi connectivity index (χ0n) is 36.9. The summed E-state index contributed by atoms with van der Waals surface area (Å²) in [7, 11) is 0. The van der Waals surface area contributed by atoms with E-state index in [0.29, 0.717) is 73.5 Å². The second kappa shape index (κ2) is 18.8. The Morgan fingerprint density at radius 3 is 1.49 bits per heavy atom. The fraction of sp³-hybridized carbons (Fsp3) is 0.388. The standard InChI is InChI=1S/C25H28ClN3O3.C24H26ClN3O3/c1-16(30)20-14-17-6-5-9-27-22(17)23(19-8-7-18(26)15-21(19)20)28-10-12-29(13-11-28)24(31)32-25(2,3)4;1-24(2,3)31-23(30)28-11-9-27(10-12-28)22-19-7-6-18(25)14-20(19)17(15-29)13-16-5-4-8-26-21(16)22/h5-9,14-15,23H,10-13H2,1-4H3;4-8,13-15,22H,9-12H2,1-3H3. The highest BCUT2D eigenvalue weighted by atomic mass is 35.5. The molecule has 4 heterocycles. The molecular weight excluding hydrogens is 839 g/mol. The summed E-state index contributed by atoms with van der Waals surface area (Å²) in [4.78, 5) is 67.0. The van der Waals surface area contributed by atoms with Crippen LogP contribution >= 0.6 is 23.2 Å². The van der Waals surface area contributed by atoms with Gasteiger partial charge in [-0.1, -0.05) is 47.5 Å². The molecule has 63 heavy (non-hydrogen) atoms. The van der Waals surface area contributed by atoms with Crippen molar-refractivity contribution in [3.63, 3.8) is 0 Å². The van der Waals surface area contributed by atoms with Crippen LogP contribution in [-0.2, 0) is 19.1 Å². The molecule has 8 rings (SSSR count). The summed E-state index contributed by atoms with van der Waals surface area (Å²) in [6.45, 7) is 17.7. The fourth-order valence-electron chi connectivity index (χ4n) is 8.46. The van der Waals surface area contributed by atoms with E-state index in [1.165, 1.54) is 0 Å². The molecule has 2 amide bonds. The number of benzene rings is 2. The molecule has 2 aliphatic heterocycles. The first-order chi connectivity index (χ1) is 29.9. The topological polar surface area (TPSA) is 125 Å². The Morgan fingerprint density at radius 1 is 0.635 bits per heavy atom. The van der Waals surface area contributed by atoms with Gasteiger partial charge in [0.1, 0.15) is 11.2 Å². The van der Waals surface area contributed by atoms with Gasteiger partial charge < -0.3 is 19.3 Å². The Hall–Kier alpha value is -5.40. The quantitative estimate of drug-likeness (QED) is 0.183. The smallest absolute Gasteiger partial charge is 0.410 e. The minimum absolute atomic E-state index is 0.0151. The third kappa shape index (κ3) is 10.5. The maximum atomic E-state index is 12.5. The van der Waals surface area contributed by atoms with Crippen molar-refractivity contribution in [1.29, 1.82) is 0 Å². The van der Waals surface area contributed by atoms with Crippen molar-refractivity contribution in [3.8, 4) is 0 Å². The molecule has 0 radical (unpaired) electrons. The summed E-state index contributed by atoms with van der Waals surface area (Å²) in [6, 6.07) is 18.8. The van der Waals surface area contributed by atoms with Gasteiger partial charge in [-0.15, -0.1) is 0 Å². The number of ether oxygens (including phenoxy) is 2. The van der Waals surface area contributed by atoms with E-state index >= 15 is 0 Å². The number of nitrogens with zero attached hydrogens (tertiary/aromatic N) is 6. The molecule has 4 aliphatic rings. The van der Waals surface area contributed by atoms with Gasteiger partial charge in [-0.05, 0) is 130 Å². The van der Waals surface area contributed by atoms with Crippen LogP contribution in [0, 0.1) is 0 Å². The molecule has 0 bridgehead atoms. The molecule has 0 spiro atoms. The number of hydrogen-bond acceptors (Lipinski definition) is 10. The molecule has 0 saturated carbocycles. The number of ketones is 1. The molecule has 2 unspecified atom stereocenters. The maximum Gasteiger partial charge on any atom is 0.410 e. The average Bonchev–Trinajstić information content (AvgIpc) is 3.47. The van der Waals surface area contributed by atoms with Crippen LogP contribution in [0.4, 0.5) is 9.59 Å². The van der Waals surface area contributed by atoms with Gasteiger partial charge in [0.05, 0.1) is 23.5 Å². The monoisotopic (exact) mass is 892 g/mol. The van der Waals surface area contributed by atoms with Crippen molar-refractivity contribution in [2.45, 2.75) is 71.8 Å². The molecule has 2 aromatic heterocycles. The molecule has 2 fully saturated rings. The largest absolute Gasteiger partial charge is 0.444 e. The van der Waals surface area contributed by atoms with Crippen molar-refractivity contribution < 1.29 is 28.7 Å². The van der Waals surface area contributed by atoms with Crippen LogP contribution in [0.3, 0.4) is 0 Å². The second-order valence-corrected chi connectivity index (χ2v) is 18.9. The number of Topliss-reactive ketones (excluding diaryl/α,β-unsaturated/α-hetero) is 1. The van der Waals surface area contributed by atoms with Gasteiger partial charge in [0.2, 0.25) is 0 Å². The van der Waals surface area contributed by atoms with E-state index in [-0.39, 0.29) is 30.1 Å². The van der Waals surface area contributed by atoms with E-state index < -0.39 is 11.2 Å². The number of rotatable bonds is 4. The number of allylic oxidation sites excluding steroid dienone is 2. The number of carbonyl (C=O) groups excluding carboxylic acids is 4. The second-order valence-electron chi connectivity index (χ2n) is 18.1. The zero-order chi connectivity index (χ0) is 45.2. The molecule has 4 aromatic rings. The Balaban J connectivity index is 0.000000189. The number of aromatic nitrogens is 2. The number of carbonyl (C=O) groups is 4. The fourth-order valence-corrected chi connectivity index (χ4v) is 8.80. The highest BCUT2D eigenvalue weighted by Gasteiger charge is 2.37. The predicted octanol–water partition coefficient (Wildman–Crippen LogP) is 9.25. The molecule has 14 heteroatoms. The maximum absolute atomic E-state index is 12.5. The summed E-state index contributed by atoms with van der Waals surface area (Å²) < 4.78 is 11.1. The van der Waals surface area contributed by atoms with Gasteiger partial charge >= 0.3 is 12.2 Å². The van der Waals surface area contributed by atoms with Crippen molar-refractivity contribution >= 4 is 70.8 Å². The van der Waals surface area contributed by atoms with E-state index in [1.807, 2.05) is 114 Å². The molecule has 2 saturated heterocycles. The minimum Gasteiger partial charge on any atom is -0.444 e. The summed E-state index contributed by atoms with van der Waals surface area (Å²) in [6.07, 6.45) is 7.64. The van der Waals surface area contributed by atoms with Crippen LogP contribution in [0.5, 0.6) is 0 Å². The Labute approximate surface area is 379 Å². The highest BCUT2D eigenvalue weighted by molar-refractivity contribution is 6.32. The summed E-state index contributed by atoms with van der Waals surface area (Å²) in [5, 5.41) is 1.17. The van der Waals surface area contributed by atoms with E-state index in [2.05, 4.69) is 14.8 Å². The molecule has 12 nitrogen and oxygen atoms in total. The van der Waals surface area contributed by atoms with E-state index in [9.17, 15) is 19.2 Å². The number of amides is 2. The summed E-state index contributed by atoms with van der Waals surface area (Å²) in [5.74, 6) is -0.0151.